The van der Waals surface area contributed by atoms with Gasteiger partial charge in [-0.2, -0.15) is 0 Å². The average molecular weight is 198 g/mol. The van der Waals surface area contributed by atoms with E-state index in [9.17, 15) is 4.79 Å². The van der Waals surface area contributed by atoms with Crippen LogP contribution in [0, 0.1) is 5.92 Å². The molecule has 5 nitrogen and oxygen atoms in total. The van der Waals surface area contributed by atoms with Crippen molar-refractivity contribution in [3.05, 3.63) is 18.0 Å². The Balaban J connectivity index is 2.28. The Morgan fingerprint density at radius 2 is 2.57 bits per heavy atom. The van der Waals surface area contributed by atoms with Gasteiger partial charge in [0.05, 0.1) is 6.20 Å². The van der Waals surface area contributed by atoms with Crippen molar-refractivity contribution in [1.29, 1.82) is 0 Å². The Morgan fingerprint density at radius 3 is 3.14 bits per heavy atom. The fourth-order valence-electron chi connectivity index (χ4n) is 1.01. The highest BCUT2D eigenvalue weighted by molar-refractivity contribution is 5.91. The molecule has 5 heteroatoms. The minimum Gasteiger partial charge on any atom is -0.396 e. The summed E-state index contributed by atoms with van der Waals surface area (Å²) in [6.45, 7) is 2.62. The van der Waals surface area contributed by atoms with E-state index < -0.39 is 0 Å². The van der Waals surface area contributed by atoms with Gasteiger partial charge in [-0.25, -0.2) is 0 Å². The molecule has 1 unspecified atom stereocenters. The highest BCUT2D eigenvalue weighted by atomic mass is 16.5. The molecule has 1 rings (SSSR count). The zero-order valence-electron chi connectivity index (χ0n) is 8.06. The normalized spacial score (nSPS) is 12.4. The summed E-state index contributed by atoms with van der Waals surface area (Å²) in [7, 11) is 0. The lowest BCUT2D eigenvalue weighted by Crippen LogP contribution is -2.28. The molecule has 2 N–H and O–H groups in total. The molecule has 0 saturated carbocycles. The molecule has 0 aliphatic carbocycles. The summed E-state index contributed by atoms with van der Waals surface area (Å²) in [5, 5.41) is 14.8. The predicted molar refractivity (Wildman–Crippen MR) is 49.7 cm³/mol. The van der Waals surface area contributed by atoms with E-state index in [1.807, 2.05) is 6.92 Å². The predicted octanol–water partition coefficient (Wildman–Crippen LogP) is 0.423. The number of hydrogen-bond acceptors (Lipinski definition) is 4. The van der Waals surface area contributed by atoms with Crippen LogP contribution in [0.1, 0.15) is 23.9 Å². The van der Waals surface area contributed by atoms with Gasteiger partial charge in [-0.15, -0.1) is 0 Å². The molecule has 1 heterocycles. The number of amides is 1. The molecule has 1 aromatic rings. The topological polar surface area (TPSA) is 75.4 Å². The number of hydrogen-bond donors (Lipinski definition) is 2. The molecule has 0 aromatic carbocycles. The molecule has 1 atom stereocenters. The fourth-order valence-corrected chi connectivity index (χ4v) is 1.01. The van der Waals surface area contributed by atoms with Crippen molar-refractivity contribution in [1.82, 2.24) is 10.5 Å². The van der Waals surface area contributed by atoms with Crippen LogP contribution in [0.2, 0.25) is 0 Å². The number of nitrogens with one attached hydrogen (secondary N) is 1. The highest BCUT2D eigenvalue weighted by Crippen LogP contribution is 2.00. The van der Waals surface area contributed by atoms with Crippen molar-refractivity contribution in [2.75, 3.05) is 13.2 Å². The van der Waals surface area contributed by atoms with Gasteiger partial charge in [0, 0.05) is 19.2 Å². The molecule has 0 aliphatic rings. The van der Waals surface area contributed by atoms with Gasteiger partial charge < -0.3 is 14.9 Å². The summed E-state index contributed by atoms with van der Waals surface area (Å²) < 4.78 is 4.68. The van der Waals surface area contributed by atoms with Crippen LogP contribution < -0.4 is 5.32 Å². The molecule has 0 bridgehead atoms. The maximum atomic E-state index is 11.3. The lowest BCUT2D eigenvalue weighted by Gasteiger charge is -2.09. The Kier molecular flexibility index (Phi) is 4.12. The number of aliphatic hydroxyl groups excluding tert-OH is 1. The Morgan fingerprint density at radius 1 is 1.79 bits per heavy atom. The molecule has 0 aliphatic heterocycles. The molecule has 78 valence electrons. The average Bonchev–Trinajstić information content (AvgIpc) is 2.67. The van der Waals surface area contributed by atoms with Crippen LogP contribution in [-0.2, 0) is 0 Å². The second-order valence-electron chi connectivity index (χ2n) is 3.20. The quantitative estimate of drug-likeness (QED) is 0.719. The lowest BCUT2D eigenvalue weighted by molar-refractivity contribution is 0.0908. The fraction of sp³-hybridized carbons (Fsp3) is 0.556. The van der Waals surface area contributed by atoms with Gasteiger partial charge >= 0.3 is 0 Å². The summed E-state index contributed by atoms with van der Waals surface area (Å²) in [5.41, 5.74) is 0. The van der Waals surface area contributed by atoms with Gasteiger partial charge in [0.15, 0.2) is 0 Å². The van der Waals surface area contributed by atoms with Crippen molar-refractivity contribution in [2.45, 2.75) is 13.3 Å². The Labute approximate surface area is 82.1 Å². The molecule has 0 spiro atoms. The van der Waals surface area contributed by atoms with Crippen molar-refractivity contribution in [3.63, 3.8) is 0 Å². The van der Waals surface area contributed by atoms with E-state index in [2.05, 4.69) is 15.0 Å². The summed E-state index contributed by atoms with van der Waals surface area (Å²) in [4.78, 5) is 11.3. The molecule has 1 amide bonds. The molecule has 1 aromatic heterocycles. The number of nitrogens with zero attached hydrogens (tertiary/aromatic N) is 1. The van der Waals surface area contributed by atoms with Gasteiger partial charge in [0.25, 0.3) is 5.91 Å². The van der Waals surface area contributed by atoms with E-state index in [1.54, 1.807) is 0 Å². The third-order valence-electron chi connectivity index (χ3n) is 1.89. The van der Waals surface area contributed by atoms with E-state index in [1.165, 1.54) is 12.3 Å². The van der Waals surface area contributed by atoms with E-state index in [0.717, 1.165) is 0 Å². The first kappa shape index (κ1) is 10.7. The third kappa shape index (κ3) is 3.18. The smallest absolute Gasteiger partial charge is 0.289 e. The molecule has 0 fully saturated rings. The number of aliphatic hydroxyl groups is 1. The van der Waals surface area contributed by atoms with Gasteiger partial charge in [0.1, 0.15) is 0 Å². The van der Waals surface area contributed by atoms with Crippen molar-refractivity contribution >= 4 is 5.91 Å². The Bertz CT molecular complexity index is 272. The standard InChI is InChI=1S/C9H14N2O3/c1-7(3-5-12)6-10-9(13)8-2-4-11-14-8/h2,4,7,12H,3,5-6H2,1H3,(H,10,13). The van der Waals surface area contributed by atoms with Gasteiger partial charge in [0.2, 0.25) is 5.76 Å². The maximum absolute atomic E-state index is 11.3. The van der Waals surface area contributed by atoms with Gasteiger partial charge in [-0.1, -0.05) is 12.1 Å². The third-order valence-corrected chi connectivity index (χ3v) is 1.89. The van der Waals surface area contributed by atoms with Crippen LogP contribution in [0.4, 0.5) is 0 Å². The van der Waals surface area contributed by atoms with Crippen LogP contribution in [0.3, 0.4) is 0 Å². The minimum atomic E-state index is -0.271. The lowest BCUT2D eigenvalue weighted by atomic mass is 10.1. The maximum Gasteiger partial charge on any atom is 0.289 e. The molecular formula is C9H14N2O3. The number of carbonyl (C=O) groups excluding carboxylic acids is 1. The van der Waals surface area contributed by atoms with Gasteiger partial charge in [-0.05, 0) is 12.3 Å². The SMILES string of the molecule is CC(CCO)CNC(=O)c1ccno1. The zero-order chi connectivity index (χ0) is 10.4. The van der Waals surface area contributed by atoms with Crippen LogP contribution in [0.5, 0.6) is 0 Å². The first-order valence-corrected chi connectivity index (χ1v) is 4.53. The monoisotopic (exact) mass is 198 g/mol. The summed E-state index contributed by atoms with van der Waals surface area (Å²) >= 11 is 0. The van der Waals surface area contributed by atoms with E-state index in [-0.39, 0.29) is 24.2 Å². The highest BCUT2D eigenvalue weighted by Gasteiger charge is 2.10. The Hall–Kier alpha value is -1.36. The number of aromatic nitrogens is 1. The van der Waals surface area contributed by atoms with Crippen molar-refractivity contribution < 1.29 is 14.4 Å². The van der Waals surface area contributed by atoms with Crippen molar-refractivity contribution in [2.24, 2.45) is 5.92 Å². The molecule has 0 saturated heterocycles. The molecular weight excluding hydrogens is 184 g/mol. The van der Waals surface area contributed by atoms with Gasteiger partial charge in [-0.3, -0.25) is 4.79 Å². The summed E-state index contributed by atoms with van der Waals surface area (Å²) in [6.07, 6.45) is 2.10. The first-order valence-electron chi connectivity index (χ1n) is 4.53. The van der Waals surface area contributed by atoms with E-state index in [4.69, 9.17) is 5.11 Å². The van der Waals surface area contributed by atoms with Crippen LogP contribution >= 0.6 is 0 Å². The van der Waals surface area contributed by atoms with E-state index >= 15 is 0 Å². The van der Waals surface area contributed by atoms with Crippen LogP contribution in [-0.4, -0.2) is 29.3 Å². The van der Waals surface area contributed by atoms with Crippen LogP contribution in [0.15, 0.2) is 16.8 Å². The molecule has 14 heavy (non-hydrogen) atoms. The van der Waals surface area contributed by atoms with E-state index in [0.29, 0.717) is 13.0 Å². The largest absolute Gasteiger partial charge is 0.396 e. The number of rotatable bonds is 5. The summed E-state index contributed by atoms with van der Waals surface area (Å²) in [6, 6.07) is 1.51. The minimum absolute atomic E-state index is 0.138. The first-order chi connectivity index (χ1) is 6.74. The van der Waals surface area contributed by atoms with Crippen molar-refractivity contribution in [3.8, 4) is 0 Å². The molecule has 0 radical (unpaired) electrons. The summed E-state index contributed by atoms with van der Waals surface area (Å²) in [5.74, 6) is 0.195. The van der Waals surface area contributed by atoms with Crippen LogP contribution in [0.25, 0.3) is 0 Å². The second-order valence-corrected chi connectivity index (χ2v) is 3.20. The number of carbonyl (C=O) groups is 1. The second kappa shape index (κ2) is 5.39. The zero-order valence-corrected chi connectivity index (χ0v) is 8.06.